The summed E-state index contributed by atoms with van der Waals surface area (Å²) in [5, 5.41) is 11.7. The van der Waals surface area contributed by atoms with Gasteiger partial charge >= 0.3 is 0 Å². The summed E-state index contributed by atoms with van der Waals surface area (Å²) >= 11 is 1.43. The van der Waals surface area contributed by atoms with Gasteiger partial charge in [-0.15, -0.1) is 11.3 Å². The number of carbonyl (C=O) groups is 2. The minimum atomic E-state index is 0.0373. The van der Waals surface area contributed by atoms with Gasteiger partial charge in [-0.1, -0.05) is 25.3 Å². The van der Waals surface area contributed by atoms with Gasteiger partial charge < -0.3 is 10.3 Å². The zero-order chi connectivity index (χ0) is 27.9. The highest BCUT2D eigenvalue weighted by Crippen LogP contribution is 2.35. The van der Waals surface area contributed by atoms with Crippen molar-refractivity contribution in [3.8, 4) is 33.1 Å². The number of aromatic amines is 2. The van der Waals surface area contributed by atoms with Gasteiger partial charge in [-0.05, 0) is 55.7 Å². The molecule has 0 atom stereocenters. The van der Waals surface area contributed by atoms with Crippen LogP contribution in [-0.2, 0) is 4.79 Å². The summed E-state index contributed by atoms with van der Waals surface area (Å²) in [5.74, 6) is 0.811. The fourth-order valence-electron chi connectivity index (χ4n) is 5.55. The molecule has 9 nitrogen and oxygen atoms in total. The lowest BCUT2D eigenvalue weighted by molar-refractivity contribution is -0.120. The Hall–Kier alpha value is -4.70. The number of nitrogens with one attached hydrogen (secondary N) is 3. The fourth-order valence-corrected chi connectivity index (χ4v) is 6.46. The smallest absolute Gasteiger partial charge is 0.227 e. The van der Waals surface area contributed by atoms with E-state index in [1.54, 1.807) is 31.7 Å². The molecule has 1 aliphatic rings. The Morgan fingerprint density at radius 3 is 2.61 bits per heavy atom. The van der Waals surface area contributed by atoms with Crippen molar-refractivity contribution in [3.05, 3.63) is 66.1 Å². The third-order valence-electron chi connectivity index (χ3n) is 7.71. The maximum Gasteiger partial charge on any atom is 0.227 e. The molecule has 0 spiro atoms. The molecule has 5 heterocycles. The second kappa shape index (κ2) is 10.4. The van der Waals surface area contributed by atoms with E-state index in [1.807, 2.05) is 30.3 Å². The summed E-state index contributed by atoms with van der Waals surface area (Å²) in [6, 6.07) is 11.8. The number of rotatable bonds is 6. The van der Waals surface area contributed by atoms with Crippen molar-refractivity contribution in [2.45, 2.75) is 39.0 Å². The largest absolute Gasteiger partial charge is 0.335 e. The monoisotopic (exact) mass is 561 g/mol. The minimum Gasteiger partial charge on any atom is -0.335 e. The van der Waals surface area contributed by atoms with Gasteiger partial charge in [0.25, 0.3) is 0 Å². The highest BCUT2D eigenvalue weighted by molar-refractivity contribution is 7.17. The van der Waals surface area contributed by atoms with Gasteiger partial charge in [0.05, 0.1) is 34.0 Å². The number of carbonyl (C=O) groups excluding carboxylic acids is 2. The first kappa shape index (κ1) is 25.3. The predicted molar refractivity (Wildman–Crippen MR) is 161 cm³/mol. The lowest BCUT2D eigenvalue weighted by Gasteiger charge is -2.20. The topological polar surface area (TPSA) is 129 Å². The molecule has 1 amide bonds. The number of aromatic nitrogens is 6. The summed E-state index contributed by atoms with van der Waals surface area (Å²) in [6.07, 6.45) is 12.3. The van der Waals surface area contributed by atoms with Gasteiger partial charge in [0.1, 0.15) is 11.2 Å². The van der Waals surface area contributed by atoms with Crippen molar-refractivity contribution in [2.24, 2.45) is 5.92 Å². The number of ketones is 1. The quantitative estimate of drug-likeness (QED) is 0.188. The van der Waals surface area contributed by atoms with Crippen LogP contribution in [0.15, 0.2) is 61.2 Å². The van der Waals surface area contributed by atoms with Crippen LogP contribution in [0.4, 0.5) is 5.69 Å². The van der Waals surface area contributed by atoms with Crippen LogP contribution in [0.2, 0.25) is 0 Å². The molecule has 6 aromatic rings. The number of amides is 1. The van der Waals surface area contributed by atoms with E-state index in [2.05, 4.69) is 36.5 Å². The van der Waals surface area contributed by atoms with Crippen LogP contribution in [-0.4, -0.2) is 41.8 Å². The maximum atomic E-state index is 12.8. The van der Waals surface area contributed by atoms with Gasteiger partial charge in [0.2, 0.25) is 5.91 Å². The van der Waals surface area contributed by atoms with Crippen molar-refractivity contribution in [3.63, 3.8) is 0 Å². The Kier molecular flexibility index (Phi) is 6.39. The highest BCUT2D eigenvalue weighted by Gasteiger charge is 2.21. The number of hydrogen-bond donors (Lipinski definition) is 3. The van der Waals surface area contributed by atoms with E-state index in [1.165, 1.54) is 17.8 Å². The minimum absolute atomic E-state index is 0.0373. The first-order chi connectivity index (χ1) is 20.0. The molecule has 7 rings (SSSR count). The van der Waals surface area contributed by atoms with Crippen LogP contribution < -0.4 is 5.32 Å². The number of anilines is 1. The molecule has 1 saturated carbocycles. The van der Waals surface area contributed by atoms with Crippen LogP contribution >= 0.6 is 11.3 Å². The van der Waals surface area contributed by atoms with Crippen LogP contribution in [0.25, 0.3) is 55.0 Å². The number of nitrogens with zero attached hydrogens (tertiary/aromatic N) is 4. The lowest BCUT2D eigenvalue weighted by Crippen LogP contribution is -2.24. The van der Waals surface area contributed by atoms with Crippen LogP contribution in [0.3, 0.4) is 0 Å². The highest BCUT2D eigenvalue weighted by atomic mass is 32.1. The molecule has 41 heavy (non-hydrogen) atoms. The molecule has 3 N–H and O–H groups in total. The van der Waals surface area contributed by atoms with Gasteiger partial charge in [-0.25, -0.2) is 4.98 Å². The number of benzene rings is 1. The van der Waals surface area contributed by atoms with Crippen molar-refractivity contribution < 1.29 is 9.59 Å². The second-order valence-corrected chi connectivity index (χ2v) is 11.6. The van der Waals surface area contributed by atoms with Gasteiger partial charge in [-0.3, -0.25) is 24.7 Å². The Morgan fingerprint density at radius 1 is 0.927 bits per heavy atom. The molecule has 0 bridgehead atoms. The van der Waals surface area contributed by atoms with E-state index in [4.69, 9.17) is 4.98 Å². The van der Waals surface area contributed by atoms with Crippen LogP contribution in [0.5, 0.6) is 0 Å². The van der Waals surface area contributed by atoms with E-state index in [0.29, 0.717) is 22.1 Å². The number of imidazole rings is 1. The third kappa shape index (κ3) is 4.80. The van der Waals surface area contributed by atoms with Gasteiger partial charge in [0, 0.05) is 39.7 Å². The average Bonchev–Trinajstić information content (AvgIpc) is 3.75. The number of hydrogen-bond acceptors (Lipinski definition) is 7. The molecule has 10 heteroatoms. The number of thiophene rings is 1. The molecule has 0 aliphatic heterocycles. The zero-order valence-corrected chi connectivity index (χ0v) is 23.2. The summed E-state index contributed by atoms with van der Waals surface area (Å²) in [5.41, 5.74) is 6.53. The Morgan fingerprint density at radius 2 is 1.78 bits per heavy atom. The molecule has 0 unspecified atom stereocenters. The molecule has 204 valence electrons. The lowest BCUT2D eigenvalue weighted by atomic mass is 9.88. The van der Waals surface area contributed by atoms with Crippen molar-refractivity contribution in [2.75, 3.05) is 5.32 Å². The van der Waals surface area contributed by atoms with E-state index < -0.39 is 0 Å². The summed E-state index contributed by atoms with van der Waals surface area (Å²) < 4.78 is 0. The number of Topliss-reactive ketones (excluding diaryl/α,β-unsaturated/α-hetero) is 1. The molecule has 5 aromatic heterocycles. The molecule has 1 fully saturated rings. The molecule has 0 saturated heterocycles. The van der Waals surface area contributed by atoms with Gasteiger partial charge in [0.15, 0.2) is 11.6 Å². The average molecular weight is 562 g/mol. The first-order valence-corrected chi connectivity index (χ1v) is 14.5. The Bertz CT molecular complexity index is 1930. The van der Waals surface area contributed by atoms with Crippen molar-refractivity contribution in [1.82, 2.24) is 30.1 Å². The third-order valence-corrected chi connectivity index (χ3v) is 8.93. The molecule has 1 aliphatic carbocycles. The van der Waals surface area contributed by atoms with E-state index in [-0.39, 0.29) is 17.6 Å². The number of fused-ring (bicyclic) bond motifs is 2. The van der Waals surface area contributed by atoms with E-state index in [0.717, 1.165) is 69.2 Å². The van der Waals surface area contributed by atoms with Gasteiger partial charge in [-0.2, -0.15) is 5.10 Å². The first-order valence-electron chi connectivity index (χ1n) is 13.7. The molecular weight excluding hydrogens is 534 g/mol. The van der Waals surface area contributed by atoms with Crippen molar-refractivity contribution in [1.29, 1.82) is 0 Å². The fraction of sp³-hybridized carbons (Fsp3) is 0.226. The molecule has 0 radical (unpaired) electrons. The second-order valence-electron chi connectivity index (χ2n) is 10.5. The standard InChI is InChI=1S/C31H27N7O2S/c1-17(39)26-9-10-27(41-26)23-15-33-16-25-28(23)36-30(35-25)29-22-12-19(7-8-24(22)37-38-29)20-11-21(14-32-13-20)34-31(40)18-5-3-2-4-6-18/h7-16,18H,2-6H2,1H3,(H,34,40)(H,35,36)(H,37,38). The van der Waals surface area contributed by atoms with E-state index in [9.17, 15) is 9.59 Å². The molecule has 1 aromatic carbocycles. The summed E-state index contributed by atoms with van der Waals surface area (Å²) in [7, 11) is 0. The summed E-state index contributed by atoms with van der Waals surface area (Å²) in [6.45, 7) is 1.57. The summed E-state index contributed by atoms with van der Waals surface area (Å²) in [4.78, 5) is 43.4. The zero-order valence-electron chi connectivity index (χ0n) is 22.4. The van der Waals surface area contributed by atoms with Crippen molar-refractivity contribution >= 4 is 50.7 Å². The maximum absolute atomic E-state index is 12.8. The number of H-pyrrole nitrogens is 2. The predicted octanol–water partition coefficient (Wildman–Crippen LogP) is 7.01. The van der Waals surface area contributed by atoms with Crippen LogP contribution in [0, 0.1) is 5.92 Å². The van der Waals surface area contributed by atoms with E-state index >= 15 is 0 Å². The normalized spacial score (nSPS) is 14.1. The SMILES string of the molecule is CC(=O)c1ccc(-c2cncc3[nH]c(-c4n[nH]c5ccc(-c6cncc(NC(=O)C7CCCCC7)c6)cc45)nc23)s1. The molecular formula is C31H27N7O2S. The Balaban J connectivity index is 1.22. The number of pyridine rings is 2. The van der Waals surface area contributed by atoms with Crippen LogP contribution in [0.1, 0.15) is 48.7 Å². The Labute approximate surface area is 239 Å².